The molecular formula is C16H24N6O3. The molecule has 4 rings (SSSR count). The summed E-state index contributed by atoms with van der Waals surface area (Å²) in [6.45, 7) is 3.58. The molecule has 1 aromatic heterocycles. The third kappa shape index (κ3) is 3.12. The molecule has 3 fully saturated rings. The van der Waals surface area contributed by atoms with Gasteiger partial charge in [0.1, 0.15) is 12.9 Å². The molecule has 4 heterocycles. The van der Waals surface area contributed by atoms with E-state index in [1.165, 1.54) is 11.0 Å². The molecule has 9 heteroatoms. The summed E-state index contributed by atoms with van der Waals surface area (Å²) in [7, 11) is 0. The molecule has 0 aromatic carbocycles. The molecule has 0 radical (unpaired) electrons. The number of amides is 2. The van der Waals surface area contributed by atoms with Gasteiger partial charge in [-0.25, -0.2) is 4.68 Å². The van der Waals surface area contributed by atoms with Crippen molar-refractivity contribution in [1.29, 1.82) is 0 Å². The van der Waals surface area contributed by atoms with Crippen molar-refractivity contribution in [2.24, 2.45) is 5.41 Å². The van der Waals surface area contributed by atoms with E-state index in [1.54, 1.807) is 4.90 Å². The van der Waals surface area contributed by atoms with Crippen molar-refractivity contribution in [3.63, 3.8) is 0 Å². The number of ether oxygens (including phenoxy) is 1. The third-order valence-electron chi connectivity index (χ3n) is 5.80. The number of aromatic nitrogens is 4. The minimum absolute atomic E-state index is 0.0276. The zero-order valence-electron chi connectivity index (χ0n) is 14.3. The van der Waals surface area contributed by atoms with Crippen LogP contribution in [0.4, 0.5) is 0 Å². The molecule has 1 aromatic rings. The van der Waals surface area contributed by atoms with Crippen LogP contribution in [0.5, 0.6) is 0 Å². The summed E-state index contributed by atoms with van der Waals surface area (Å²) in [6.07, 6.45) is 5.92. The number of tetrazole rings is 1. The van der Waals surface area contributed by atoms with Crippen LogP contribution in [0.2, 0.25) is 0 Å². The lowest BCUT2D eigenvalue weighted by Gasteiger charge is -2.44. The van der Waals surface area contributed by atoms with Crippen molar-refractivity contribution in [3.8, 4) is 0 Å². The fourth-order valence-electron chi connectivity index (χ4n) is 4.40. The average molecular weight is 348 g/mol. The maximum absolute atomic E-state index is 13.2. The summed E-state index contributed by atoms with van der Waals surface area (Å²) in [4.78, 5) is 29.6. The van der Waals surface area contributed by atoms with Crippen LogP contribution in [-0.4, -0.2) is 80.7 Å². The Bertz CT molecular complexity index is 630. The van der Waals surface area contributed by atoms with Gasteiger partial charge >= 0.3 is 0 Å². The quantitative estimate of drug-likeness (QED) is 0.744. The Kier molecular flexibility index (Phi) is 4.41. The Hall–Kier alpha value is -2.03. The van der Waals surface area contributed by atoms with Gasteiger partial charge in [0.2, 0.25) is 11.8 Å². The highest BCUT2D eigenvalue weighted by molar-refractivity contribution is 5.86. The summed E-state index contributed by atoms with van der Waals surface area (Å²) in [6, 6.07) is 0.296. The van der Waals surface area contributed by atoms with E-state index in [2.05, 4.69) is 20.4 Å². The zero-order chi connectivity index (χ0) is 17.3. The van der Waals surface area contributed by atoms with E-state index in [0.29, 0.717) is 19.1 Å². The van der Waals surface area contributed by atoms with E-state index >= 15 is 0 Å². The predicted molar refractivity (Wildman–Crippen MR) is 86.2 cm³/mol. The zero-order valence-corrected chi connectivity index (χ0v) is 14.3. The summed E-state index contributed by atoms with van der Waals surface area (Å²) in [5, 5.41) is 10.8. The van der Waals surface area contributed by atoms with Crippen LogP contribution in [0.3, 0.4) is 0 Å². The first kappa shape index (κ1) is 16.4. The molecule has 0 saturated carbocycles. The van der Waals surface area contributed by atoms with Crippen LogP contribution >= 0.6 is 0 Å². The SMILES string of the molecule is O=C(Cn1cnnn1)N1CC[C@@]2(CCCN(C3CCOCC3)C2=O)C1. The summed E-state index contributed by atoms with van der Waals surface area (Å²) in [5.74, 6) is 0.212. The molecule has 136 valence electrons. The van der Waals surface area contributed by atoms with Crippen LogP contribution < -0.4 is 0 Å². The molecule has 0 aliphatic carbocycles. The molecule has 3 aliphatic heterocycles. The van der Waals surface area contributed by atoms with Gasteiger partial charge in [0.25, 0.3) is 0 Å². The minimum Gasteiger partial charge on any atom is -0.381 e. The van der Waals surface area contributed by atoms with E-state index in [-0.39, 0.29) is 18.4 Å². The van der Waals surface area contributed by atoms with Gasteiger partial charge in [-0.05, 0) is 42.5 Å². The van der Waals surface area contributed by atoms with Crippen LogP contribution in [0.15, 0.2) is 6.33 Å². The Labute approximate surface area is 146 Å². The molecular weight excluding hydrogens is 324 g/mol. The number of carbonyl (C=O) groups excluding carboxylic acids is 2. The van der Waals surface area contributed by atoms with Gasteiger partial charge < -0.3 is 14.5 Å². The highest BCUT2D eigenvalue weighted by atomic mass is 16.5. The first-order chi connectivity index (χ1) is 12.2. The van der Waals surface area contributed by atoms with Crippen LogP contribution in [0.1, 0.15) is 32.1 Å². The number of likely N-dealkylation sites (tertiary alicyclic amines) is 2. The topological polar surface area (TPSA) is 93.5 Å². The van der Waals surface area contributed by atoms with E-state index in [1.807, 2.05) is 0 Å². The number of hydrogen-bond acceptors (Lipinski definition) is 6. The second-order valence-electron chi connectivity index (χ2n) is 7.30. The maximum atomic E-state index is 13.2. The van der Waals surface area contributed by atoms with E-state index < -0.39 is 5.41 Å². The lowest BCUT2D eigenvalue weighted by Crippen LogP contribution is -2.55. The Morgan fingerprint density at radius 2 is 2.12 bits per heavy atom. The molecule has 0 unspecified atom stereocenters. The molecule has 1 spiro atoms. The average Bonchev–Trinajstić information content (AvgIpc) is 3.29. The number of nitrogens with zero attached hydrogens (tertiary/aromatic N) is 6. The lowest BCUT2D eigenvalue weighted by molar-refractivity contribution is -0.151. The van der Waals surface area contributed by atoms with E-state index in [4.69, 9.17) is 4.74 Å². The van der Waals surface area contributed by atoms with Crippen molar-refractivity contribution >= 4 is 11.8 Å². The van der Waals surface area contributed by atoms with Gasteiger partial charge in [-0.1, -0.05) is 0 Å². The molecule has 1 atom stereocenters. The van der Waals surface area contributed by atoms with Crippen molar-refractivity contribution in [3.05, 3.63) is 6.33 Å². The fourth-order valence-corrected chi connectivity index (χ4v) is 4.40. The van der Waals surface area contributed by atoms with Crippen LogP contribution in [0, 0.1) is 5.41 Å². The fraction of sp³-hybridized carbons (Fsp3) is 0.812. The van der Waals surface area contributed by atoms with E-state index in [0.717, 1.165) is 51.9 Å². The highest BCUT2D eigenvalue weighted by Gasteiger charge is 2.50. The Morgan fingerprint density at radius 3 is 2.88 bits per heavy atom. The van der Waals surface area contributed by atoms with Crippen molar-refractivity contribution < 1.29 is 14.3 Å². The smallest absolute Gasteiger partial charge is 0.244 e. The predicted octanol–water partition coefficient (Wildman–Crippen LogP) is -0.307. The number of carbonyl (C=O) groups is 2. The molecule has 0 N–H and O–H groups in total. The van der Waals surface area contributed by atoms with Crippen molar-refractivity contribution in [2.75, 3.05) is 32.8 Å². The van der Waals surface area contributed by atoms with Gasteiger partial charge in [-0.15, -0.1) is 5.10 Å². The summed E-state index contributed by atoms with van der Waals surface area (Å²) in [5.41, 5.74) is -0.396. The molecule has 3 aliphatic rings. The third-order valence-corrected chi connectivity index (χ3v) is 5.80. The molecule has 0 bridgehead atoms. The Balaban J connectivity index is 1.42. The van der Waals surface area contributed by atoms with Gasteiger partial charge in [0, 0.05) is 38.9 Å². The normalized spacial score (nSPS) is 28.1. The maximum Gasteiger partial charge on any atom is 0.244 e. The van der Waals surface area contributed by atoms with Crippen LogP contribution in [0.25, 0.3) is 0 Å². The van der Waals surface area contributed by atoms with Gasteiger partial charge in [-0.2, -0.15) is 0 Å². The van der Waals surface area contributed by atoms with E-state index in [9.17, 15) is 9.59 Å². The highest BCUT2D eigenvalue weighted by Crippen LogP contribution is 2.41. The summed E-state index contributed by atoms with van der Waals surface area (Å²) >= 11 is 0. The van der Waals surface area contributed by atoms with Gasteiger partial charge in [-0.3, -0.25) is 9.59 Å². The lowest BCUT2D eigenvalue weighted by atomic mass is 9.77. The molecule has 25 heavy (non-hydrogen) atoms. The number of piperidine rings is 1. The largest absolute Gasteiger partial charge is 0.381 e. The van der Waals surface area contributed by atoms with Crippen LogP contribution in [-0.2, 0) is 20.9 Å². The van der Waals surface area contributed by atoms with Crippen molar-refractivity contribution in [2.45, 2.75) is 44.7 Å². The second kappa shape index (κ2) is 6.70. The first-order valence-electron chi connectivity index (χ1n) is 9.05. The summed E-state index contributed by atoms with van der Waals surface area (Å²) < 4.78 is 6.85. The molecule has 3 saturated heterocycles. The van der Waals surface area contributed by atoms with Crippen molar-refractivity contribution in [1.82, 2.24) is 30.0 Å². The standard InChI is InChI=1S/C16H24N6O3/c23-14(10-21-12-17-18-19-21)20-7-5-16(11-20)4-1-6-22(15(16)24)13-2-8-25-9-3-13/h12-13H,1-11H2/t16-/m0/s1. The monoisotopic (exact) mass is 348 g/mol. The number of rotatable bonds is 3. The number of hydrogen-bond donors (Lipinski definition) is 0. The van der Waals surface area contributed by atoms with Gasteiger partial charge in [0.15, 0.2) is 0 Å². The van der Waals surface area contributed by atoms with Gasteiger partial charge in [0.05, 0.1) is 5.41 Å². The minimum atomic E-state index is -0.396. The molecule has 9 nitrogen and oxygen atoms in total. The Morgan fingerprint density at radius 1 is 1.28 bits per heavy atom. The second-order valence-corrected chi connectivity index (χ2v) is 7.30. The molecule has 2 amide bonds. The first-order valence-corrected chi connectivity index (χ1v) is 9.05.